The molecule has 0 spiro atoms. The number of rotatable bonds is 3. The van der Waals surface area contributed by atoms with E-state index in [4.69, 9.17) is 28.2 Å². The summed E-state index contributed by atoms with van der Waals surface area (Å²) in [6.45, 7) is 0. The number of nitrogens with zero attached hydrogens (tertiary/aromatic N) is 2. The van der Waals surface area contributed by atoms with E-state index in [0.29, 0.717) is 38.3 Å². The van der Waals surface area contributed by atoms with Gasteiger partial charge in [0.25, 0.3) is 0 Å². The van der Waals surface area contributed by atoms with Gasteiger partial charge in [0.1, 0.15) is 5.84 Å². The van der Waals surface area contributed by atoms with Crippen LogP contribution >= 0.6 is 55.1 Å². The van der Waals surface area contributed by atoms with Crippen molar-refractivity contribution in [2.45, 2.75) is 5.72 Å². The van der Waals surface area contributed by atoms with E-state index in [1.54, 1.807) is 11.0 Å². The summed E-state index contributed by atoms with van der Waals surface area (Å²) in [6.07, 6.45) is 0. The van der Waals surface area contributed by atoms with E-state index in [2.05, 4.69) is 31.9 Å². The molecular weight excluding hydrogens is 587 g/mol. The summed E-state index contributed by atoms with van der Waals surface area (Å²) in [6, 6.07) is 28.1. The molecule has 164 valence electrons. The third-order valence-corrected chi connectivity index (χ3v) is 7.23. The van der Waals surface area contributed by atoms with Gasteiger partial charge in [0, 0.05) is 36.3 Å². The van der Waals surface area contributed by atoms with E-state index in [9.17, 15) is 5.11 Å². The topological polar surface area (TPSA) is 35.8 Å². The summed E-state index contributed by atoms with van der Waals surface area (Å²) >= 11 is 20.4. The van der Waals surface area contributed by atoms with Crippen LogP contribution < -0.4 is 4.90 Å². The molecule has 4 aromatic rings. The number of halogens is 4. The first-order chi connectivity index (χ1) is 15.9. The summed E-state index contributed by atoms with van der Waals surface area (Å²) in [5, 5.41) is 13.7. The Balaban J connectivity index is 1.90. The average molecular weight is 603 g/mol. The Labute approximate surface area is 218 Å². The molecule has 0 amide bonds. The lowest BCUT2D eigenvalue weighted by molar-refractivity contribution is 0.0902. The van der Waals surface area contributed by atoms with E-state index >= 15 is 0 Å². The van der Waals surface area contributed by atoms with Crippen LogP contribution in [0.25, 0.3) is 0 Å². The molecule has 0 aromatic heterocycles. The second-order valence-electron chi connectivity index (χ2n) is 7.54. The van der Waals surface area contributed by atoms with Crippen LogP contribution in [0.1, 0.15) is 16.7 Å². The van der Waals surface area contributed by atoms with Gasteiger partial charge < -0.3 is 5.11 Å². The molecule has 1 aliphatic rings. The summed E-state index contributed by atoms with van der Waals surface area (Å²) in [5.41, 5.74) is 1.52. The smallest absolute Gasteiger partial charge is 0.200 e. The maximum atomic E-state index is 12.7. The Bertz CT molecular complexity index is 1390. The lowest BCUT2D eigenvalue weighted by atomic mass is 9.88. The van der Waals surface area contributed by atoms with E-state index < -0.39 is 5.72 Å². The van der Waals surface area contributed by atoms with Gasteiger partial charge in [-0.1, -0.05) is 85.4 Å². The molecule has 0 bridgehead atoms. The fraction of sp³-hybridized carbons (Fsp3) is 0.0385. The van der Waals surface area contributed by atoms with Crippen LogP contribution in [0.2, 0.25) is 10.0 Å². The van der Waals surface area contributed by atoms with Crippen molar-refractivity contribution in [2.75, 3.05) is 4.90 Å². The fourth-order valence-corrected chi connectivity index (χ4v) is 5.17. The zero-order chi connectivity index (χ0) is 23.2. The summed E-state index contributed by atoms with van der Waals surface area (Å²) in [5.74, 6) is 0.514. The molecule has 0 saturated carbocycles. The van der Waals surface area contributed by atoms with E-state index in [1.807, 2.05) is 84.9 Å². The van der Waals surface area contributed by atoms with Crippen molar-refractivity contribution in [1.29, 1.82) is 0 Å². The van der Waals surface area contributed by atoms with Crippen LogP contribution in [0.4, 0.5) is 11.4 Å². The highest BCUT2D eigenvalue weighted by molar-refractivity contribution is 9.10. The van der Waals surface area contributed by atoms with Crippen molar-refractivity contribution in [3.8, 4) is 0 Å². The molecule has 0 unspecified atom stereocenters. The standard InChI is InChI=1S/C26H16Br2Cl2N2O/c27-16-9-12-18(13-10-16)32-25(19-5-1-3-7-22(19)29)31-24-14-11-17(28)15-21(24)26(32,33)20-6-2-4-8-23(20)30/h1-15,33H/t26-/m0/s1. The first-order valence-corrected chi connectivity index (χ1v) is 12.4. The van der Waals surface area contributed by atoms with Gasteiger partial charge >= 0.3 is 0 Å². The van der Waals surface area contributed by atoms with Crippen molar-refractivity contribution in [2.24, 2.45) is 4.99 Å². The minimum absolute atomic E-state index is 0.438. The average Bonchev–Trinajstić information content (AvgIpc) is 2.81. The fourth-order valence-electron chi connectivity index (χ4n) is 4.05. The van der Waals surface area contributed by atoms with Gasteiger partial charge in [-0.2, -0.15) is 0 Å². The largest absolute Gasteiger partial charge is 0.363 e. The van der Waals surface area contributed by atoms with Gasteiger partial charge in [0.2, 0.25) is 0 Å². The Morgan fingerprint density at radius 1 is 0.727 bits per heavy atom. The Morgan fingerprint density at radius 3 is 2.06 bits per heavy atom. The Hall–Kier alpha value is -2.15. The predicted molar refractivity (Wildman–Crippen MR) is 143 cm³/mol. The molecule has 0 saturated heterocycles. The Kier molecular flexibility index (Phi) is 6.10. The molecule has 33 heavy (non-hydrogen) atoms. The SMILES string of the molecule is O[C@@]1(c2ccccc2Cl)c2cc(Br)ccc2N=C(c2ccccc2Cl)N1c1ccc(Br)cc1. The highest BCUT2D eigenvalue weighted by Crippen LogP contribution is 2.48. The van der Waals surface area contributed by atoms with Gasteiger partial charge in [-0.3, -0.25) is 4.90 Å². The first kappa shape index (κ1) is 22.6. The maximum absolute atomic E-state index is 12.7. The molecule has 3 nitrogen and oxygen atoms in total. The van der Waals surface area contributed by atoms with Crippen LogP contribution in [0, 0.1) is 0 Å². The first-order valence-electron chi connectivity index (χ1n) is 10.1. The molecule has 1 aliphatic heterocycles. The minimum atomic E-state index is -1.67. The van der Waals surface area contributed by atoms with E-state index in [-0.39, 0.29) is 0 Å². The normalized spacial score (nSPS) is 17.5. The number of anilines is 1. The molecule has 1 atom stereocenters. The lowest BCUT2D eigenvalue weighted by Gasteiger charge is -2.45. The number of benzene rings is 4. The molecule has 4 aromatic carbocycles. The molecule has 1 heterocycles. The van der Waals surface area contributed by atoms with Crippen LogP contribution in [0.3, 0.4) is 0 Å². The minimum Gasteiger partial charge on any atom is -0.363 e. The van der Waals surface area contributed by atoms with Crippen molar-refractivity contribution in [1.82, 2.24) is 0 Å². The number of hydrogen-bond donors (Lipinski definition) is 1. The van der Waals surface area contributed by atoms with Crippen LogP contribution in [0.5, 0.6) is 0 Å². The lowest BCUT2D eigenvalue weighted by Crippen LogP contribution is -2.53. The van der Waals surface area contributed by atoms with Gasteiger partial charge in [0.05, 0.1) is 10.7 Å². The second-order valence-corrected chi connectivity index (χ2v) is 10.2. The van der Waals surface area contributed by atoms with Gasteiger partial charge in [-0.05, 0) is 60.7 Å². The monoisotopic (exact) mass is 600 g/mol. The quantitative estimate of drug-likeness (QED) is 0.256. The molecule has 1 N–H and O–H groups in total. The molecule has 7 heteroatoms. The van der Waals surface area contributed by atoms with Crippen LogP contribution in [-0.2, 0) is 5.72 Å². The highest BCUT2D eigenvalue weighted by atomic mass is 79.9. The second kappa shape index (κ2) is 8.90. The van der Waals surface area contributed by atoms with Gasteiger partial charge in [-0.25, -0.2) is 4.99 Å². The Morgan fingerprint density at radius 2 is 1.36 bits per heavy atom. The number of aliphatic hydroxyl groups is 1. The van der Waals surface area contributed by atoms with Gasteiger partial charge in [0.15, 0.2) is 5.72 Å². The van der Waals surface area contributed by atoms with Crippen molar-refractivity contribution in [3.63, 3.8) is 0 Å². The summed E-state index contributed by atoms with van der Waals surface area (Å²) in [4.78, 5) is 6.76. The number of aliphatic imine (C=N–C) groups is 1. The third-order valence-electron chi connectivity index (χ3n) is 5.54. The predicted octanol–water partition coefficient (Wildman–Crippen LogP) is 8.31. The van der Waals surface area contributed by atoms with Crippen LogP contribution in [-0.4, -0.2) is 10.9 Å². The highest BCUT2D eigenvalue weighted by Gasteiger charge is 2.47. The molecule has 0 fully saturated rings. The van der Waals surface area contributed by atoms with E-state index in [0.717, 1.165) is 14.6 Å². The summed E-state index contributed by atoms with van der Waals surface area (Å²) < 4.78 is 1.74. The summed E-state index contributed by atoms with van der Waals surface area (Å²) in [7, 11) is 0. The van der Waals surface area contributed by atoms with Crippen molar-refractivity contribution in [3.05, 3.63) is 127 Å². The van der Waals surface area contributed by atoms with Crippen molar-refractivity contribution >= 4 is 72.3 Å². The van der Waals surface area contributed by atoms with Crippen molar-refractivity contribution < 1.29 is 5.11 Å². The third kappa shape index (κ3) is 3.92. The number of hydrogen-bond acceptors (Lipinski definition) is 3. The zero-order valence-electron chi connectivity index (χ0n) is 17.0. The molecule has 0 aliphatic carbocycles. The zero-order valence-corrected chi connectivity index (χ0v) is 21.7. The van der Waals surface area contributed by atoms with Crippen LogP contribution in [0.15, 0.2) is 105 Å². The number of amidine groups is 1. The van der Waals surface area contributed by atoms with E-state index in [1.165, 1.54) is 0 Å². The number of fused-ring (bicyclic) bond motifs is 1. The maximum Gasteiger partial charge on any atom is 0.200 e. The molecular formula is C26H16Br2Cl2N2O. The molecule has 0 radical (unpaired) electrons. The van der Waals surface area contributed by atoms with Gasteiger partial charge in [-0.15, -0.1) is 0 Å². The molecule has 5 rings (SSSR count).